The minimum Gasteiger partial charge on any atom is -0.316 e. The van der Waals surface area contributed by atoms with Crippen LogP contribution >= 0.6 is 11.8 Å². The summed E-state index contributed by atoms with van der Waals surface area (Å²) in [6, 6.07) is 6.96. The van der Waals surface area contributed by atoms with Crippen molar-refractivity contribution < 1.29 is 4.39 Å². The van der Waals surface area contributed by atoms with Crippen LogP contribution in [0, 0.1) is 5.82 Å². The number of unbranched alkanes of at least 4 members (excludes halogenated alkanes) is 3. The molecule has 0 radical (unpaired) electrons. The molecule has 0 saturated heterocycles. The van der Waals surface area contributed by atoms with Crippen LogP contribution in [0.15, 0.2) is 29.2 Å². The summed E-state index contributed by atoms with van der Waals surface area (Å²) in [6.45, 7) is 4.25. The minimum absolute atomic E-state index is 0.111. The molecule has 0 saturated carbocycles. The molecule has 1 nitrogen and oxygen atoms in total. The van der Waals surface area contributed by atoms with Gasteiger partial charge in [0.1, 0.15) is 5.82 Å². The van der Waals surface area contributed by atoms with Crippen molar-refractivity contribution in [1.29, 1.82) is 0 Å². The van der Waals surface area contributed by atoms with Crippen molar-refractivity contribution >= 4 is 11.8 Å². The lowest BCUT2D eigenvalue weighted by Gasteiger charge is -2.05. The van der Waals surface area contributed by atoms with Gasteiger partial charge in [-0.3, -0.25) is 0 Å². The van der Waals surface area contributed by atoms with E-state index in [4.69, 9.17) is 0 Å². The Balaban J connectivity index is 1.99. The molecule has 0 aromatic heterocycles. The molecule has 0 atom stereocenters. The van der Waals surface area contributed by atoms with Crippen molar-refractivity contribution in [3.8, 4) is 0 Å². The van der Waals surface area contributed by atoms with E-state index in [0.29, 0.717) is 0 Å². The molecule has 0 aliphatic heterocycles. The molecule has 1 aromatic rings. The first-order valence-electron chi connectivity index (χ1n) is 6.42. The van der Waals surface area contributed by atoms with Gasteiger partial charge < -0.3 is 5.32 Å². The van der Waals surface area contributed by atoms with E-state index in [-0.39, 0.29) is 5.82 Å². The maximum Gasteiger partial charge on any atom is 0.136 e. The van der Waals surface area contributed by atoms with Gasteiger partial charge in [0.05, 0.1) is 0 Å². The zero-order valence-electron chi connectivity index (χ0n) is 10.5. The van der Waals surface area contributed by atoms with Crippen molar-refractivity contribution in [1.82, 2.24) is 5.32 Å². The van der Waals surface area contributed by atoms with Gasteiger partial charge in [-0.25, -0.2) is 4.39 Å². The number of benzene rings is 1. The Kier molecular flexibility index (Phi) is 8.10. The third kappa shape index (κ3) is 6.69. The van der Waals surface area contributed by atoms with Gasteiger partial charge in [0.15, 0.2) is 0 Å². The van der Waals surface area contributed by atoms with Gasteiger partial charge in [0.25, 0.3) is 0 Å². The second-order valence-electron chi connectivity index (χ2n) is 4.09. The summed E-state index contributed by atoms with van der Waals surface area (Å²) in [5.74, 6) is 0.815. The smallest absolute Gasteiger partial charge is 0.136 e. The Labute approximate surface area is 108 Å². The molecule has 0 aliphatic carbocycles. The summed E-state index contributed by atoms with van der Waals surface area (Å²) in [6.07, 6.45) is 5.16. The standard InChI is InChI=1S/C14H22FNS/c1-2-3-4-7-10-16-11-12-17-14-9-6-5-8-13(14)15/h5-6,8-9,16H,2-4,7,10-12H2,1H3. The van der Waals surface area contributed by atoms with E-state index in [9.17, 15) is 4.39 Å². The van der Waals surface area contributed by atoms with E-state index in [1.807, 2.05) is 12.1 Å². The lowest BCUT2D eigenvalue weighted by molar-refractivity contribution is 0.601. The summed E-state index contributed by atoms with van der Waals surface area (Å²) in [5, 5.41) is 3.39. The topological polar surface area (TPSA) is 12.0 Å². The molecule has 0 unspecified atom stereocenters. The summed E-state index contributed by atoms with van der Waals surface area (Å²) < 4.78 is 13.3. The Morgan fingerprint density at radius 2 is 1.94 bits per heavy atom. The monoisotopic (exact) mass is 255 g/mol. The van der Waals surface area contributed by atoms with Crippen LogP contribution in [-0.4, -0.2) is 18.8 Å². The highest BCUT2D eigenvalue weighted by Gasteiger charge is 1.99. The fourth-order valence-corrected chi connectivity index (χ4v) is 2.44. The Morgan fingerprint density at radius 3 is 2.71 bits per heavy atom. The molecule has 3 heteroatoms. The molecule has 0 heterocycles. The first-order valence-corrected chi connectivity index (χ1v) is 7.41. The normalized spacial score (nSPS) is 10.7. The van der Waals surface area contributed by atoms with Gasteiger partial charge in [-0.1, -0.05) is 38.3 Å². The molecule has 0 amide bonds. The van der Waals surface area contributed by atoms with Crippen LogP contribution in [0.2, 0.25) is 0 Å². The van der Waals surface area contributed by atoms with Crippen molar-refractivity contribution in [3.05, 3.63) is 30.1 Å². The van der Waals surface area contributed by atoms with Gasteiger partial charge in [-0.15, -0.1) is 11.8 Å². The van der Waals surface area contributed by atoms with Gasteiger partial charge in [0.2, 0.25) is 0 Å². The van der Waals surface area contributed by atoms with Crippen LogP contribution < -0.4 is 5.32 Å². The van der Waals surface area contributed by atoms with E-state index in [0.717, 1.165) is 23.7 Å². The SMILES string of the molecule is CCCCCCNCCSc1ccccc1F. The first-order chi connectivity index (χ1) is 8.34. The van der Waals surface area contributed by atoms with Crippen molar-refractivity contribution in [2.45, 2.75) is 37.5 Å². The molecule has 17 heavy (non-hydrogen) atoms. The molecule has 0 fully saturated rings. The molecule has 1 N–H and O–H groups in total. The highest BCUT2D eigenvalue weighted by Crippen LogP contribution is 2.20. The van der Waals surface area contributed by atoms with E-state index < -0.39 is 0 Å². The molecule has 0 spiro atoms. The number of nitrogens with one attached hydrogen (secondary N) is 1. The Bertz CT molecular complexity index is 304. The Morgan fingerprint density at radius 1 is 1.12 bits per heavy atom. The summed E-state index contributed by atoms with van der Waals surface area (Å²) in [7, 11) is 0. The summed E-state index contributed by atoms with van der Waals surface area (Å²) in [4.78, 5) is 0.750. The number of hydrogen-bond donors (Lipinski definition) is 1. The molecule has 0 bridgehead atoms. The van der Waals surface area contributed by atoms with Crippen molar-refractivity contribution in [2.24, 2.45) is 0 Å². The first kappa shape index (κ1) is 14.5. The van der Waals surface area contributed by atoms with Crippen molar-refractivity contribution in [3.63, 3.8) is 0 Å². The Hall–Kier alpha value is -0.540. The fraction of sp³-hybridized carbons (Fsp3) is 0.571. The molecule has 96 valence electrons. The van der Waals surface area contributed by atoms with Crippen molar-refractivity contribution in [2.75, 3.05) is 18.8 Å². The van der Waals surface area contributed by atoms with E-state index in [1.165, 1.54) is 31.7 Å². The highest BCUT2D eigenvalue weighted by atomic mass is 32.2. The predicted molar refractivity (Wildman–Crippen MR) is 74.1 cm³/mol. The maximum atomic E-state index is 13.3. The molecule has 1 aromatic carbocycles. The number of hydrogen-bond acceptors (Lipinski definition) is 2. The van der Waals surface area contributed by atoms with Crippen LogP contribution in [0.3, 0.4) is 0 Å². The average Bonchev–Trinajstić information content (AvgIpc) is 2.35. The van der Waals surface area contributed by atoms with Gasteiger partial charge in [-0.05, 0) is 25.1 Å². The third-order valence-electron chi connectivity index (χ3n) is 2.58. The van der Waals surface area contributed by atoms with Crippen LogP contribution in [0.4, 0.5) is 4.39 Å². The van der Waals surface area contributed by atoms with Gasteiger partial charge in [0, 0.05) is 17.2 Å². The number of halogens is 1. The largest absolute Gasteiger partial charge is 0.316 e. The molecule has 0 aliphatic rings. The number of rotatable bonds is 9. The van der Waals surface area contributed by atoms with Crippen LogP contribution in [0.1, 0.15) is 32.6 Å². The average molecular weight is 255 g/mol. The zero-order valence-corrected chi connectivity index (χ0v) is 11.4. The second-order valence-corrected chi connectivity index (χ2v) is 5.23. The lowest BCUT2D eigenvalue weighted by Crippen LogP contribution is -2.18. The van der Waals surface area contributed by atoms with Crippen LogP contribution in [0.25, 0.3) is 0 Å². The van der Waals surface area contributed by atoms with Gasteiger partial charge >= 0.3 is 0 Å². The lowest BCUT2D eigenvalue weighted by atomic mass is 10.2. The molecule has 1 rings (SSSR count). The third-order valence-corrected chi connectivity index (χ3v) is 3.63. The van der Waals surface area contributed by atoms with E-state index in [1.54, 1.807) is 17.8 Å². The predicted octanol–water partition coefficient (Wildman–Crippen LogP) is 4.09. The quantitative estimate of drug-likeness (QED) is 0.527. The minimum atomic E-state index is -0.111. The highest BCUT2D eigenvalue weighted by molar-refractivity contribution is 7.99. The van der Waals surface area contributed by atoms with Gasteiger partial charge in [-0.2, -0.15) is 0 Å². The van der Waals surface area contributed by atoms with E-state index in [2.05, 4.69) is 12.2 Å². The summed E-state index contributed by atoms with van der Waals surface area (Å²) >= 11 is 1.58. The maximum absolute atomic E-state index is 13.3. The van der Waals surface area contributed by atoms with Crippen LogP contribution in [-0.2, 0) is 0 Å². The zero-order chi connectivity index (χ0) is 12.3. The summed E-state index contributed by atoms with van der Waals surface area (Å²) in [5.41, 5.74) is 0. The van der Waals surface area contributed by atoms with Crippen LogP contribution in [0.5, 0.6) is 0 Å². The number of thioether (sulfide) groups is 1. The second kappa shape index (κ2) is 9.49. The fourth-order valence-electron chi connectivity index (χ4n) is 1.60. The molecular formula is C14H22FNS. The molecular weight excluding hydrogens is 233 g/mol. The van der Waals surface area contributed by atoms with E-state index >= 15 is 0 Å².